The molecule has 1 rings (SSSR count). The van der Waals surface area contributed by atoms with Gasteiger partial charge in [0.25, 0.3) is 0 Å². The van der Waals surface area contributed by atoms with Gasteiger partial charge in [0.05, 0.1) is 5.60 Å². The molecule has 0 aromatic heterocycles. The van der Waals surface area contributed by atoms with Crippen molar-refractivity contribution in [2.24, 2.45) is 5.73 Å². The van der Waals surface area contributed by atoms with E-state index in [4.69, 9.17) is 10.5 Å². The first-order valence-corrected chi connectivity index (χ1v) is 5.82. The number of hydrogen-bond acceptors (Lipinski definition) is 3. The van der Waals surface area contributed by atoms with Crippen molar-refractivity contribution in [3.8, 4) is 0 Å². The molecule has 1 heterocycles. The molecule has 0 bridgehead atoms. The molecular formula is C11H24N2O. The lowest BCUT2D eigenvalue weighted by Gasteiger charge is -2.23. The fourth-order valence-corrected chi connectivity index (χ4v) is 1.90. The molecule has 14 heavy (non-hydrogen) atoms. The van der Waals surface area contributed by atoms with E-state index in [1.165, 1.54) is 25.7 Å². The maximum absolute atomic E-state index is 5.69. The van der Waals surface area contributed by atoms with Crippen LogP contribution in [-0.4, -0.2) is 31.8 Å². The van der Waals surface area contributed by atoms with Crippen molar-refractivity contribution < 1.29 is 4.74 Å². The highest BCUT2D eigenvalue weighted by atomic mass is 16.5. The number of nitrogens with two attached hydrogens (primary N) is 1. The fraction of sp³-hybridized carbons (Fsp3) is 1.00. The van der Waals surface area contributed by atoms with E-state index in [9.17, 15) is 0 Å². The molecule has 0 spiro atoms. The van der Waals surface area contributed by atoms with E-state index in [1.54, 1.807) is 0 Å². The molecule has 1 aliphatic heterocycles. The minimum atomic E-state index is 0.105. The summed E-state index contributed by atoms with van der Waals surface area (Å²) >= 11 is 0. The summed E-state index contributed by atoms with van der Waals surface area (Å²) in [6.07, 6.45) is 6.03. The highest BCUT2D eigenvalue weighted by Crippen LogP contribution is 2.23. The Kier molecular flexibility index (Phi) is 5.45. The molecule has 1 aliphatic rings. The smallest absolute Gasteiger partial charge is 0.0779 e. The van der Waals surface area contributed by atoms with E-state index in [2.05, 4.69) is 12.2 Å². The standard InChI is InChI=1S/C11H24N2O/c1-11(6-5-9-14-11)10-13-8-4-2-3-7-12/h13H,2-10,12H2,1H3. The average molecular weight is 200 g/mol. The average Bonchev–Trinajstić information content (AvgIpc) is 2.59. The van der Waals surface area contributed by atoms with E-state index < -0.39 is 0 Å². The summed E-state index contributed by atoms with van der Waals surface area (Å²) < 4.78 is 5.69. The van der Waals surface area contributed by atoms with Crippen LogP contribution in [0.25, 0.3) is 0 Å². The first-order chi connectivity index (χ1) is 6.77. The minimum Gasteiger partial charge on any atom is -0.374 e. The molecule has 1 atom stereocenters. The summed E-state index contributed by atoms with van der Waals surface area (Å²) in [5.74, 6) is 0. The number of rotatable bonds is 7. The van der Waals surface area contributed by atoms with Gasteiger partial charge in [-0.05, 0) is 45.7 Å². The molecule has 1 unspecified atom stereocenters. The van der Waals surface area contributed by atoms with E-state index in [0.717, 1.165) is 32.7 Å². The Bertz CT molecular complexity index is 144. The van der Waals surface area contributed by atoms with E-state index in [1.807, 2.05) is 0 Å². The number of hydrogen-bond donors (Lipinski definition) is 2. The molecule has 0 aliphatic carbocycles. The normalized spacial score (nSPS) is 27.0. The summed E-state index contributed by atoms with van der Waals surface area (Å²) in [7, 11) is 0. The van der Waals surface area contributed by atoms with Crippen molar-refractivity contribution in [1.29, 1.82) is 0 Å². The van der Waals surface area contributed by atoms with Gasteiger partial charge in [-0.3, -0.25) is 0 Å². The van der Waals surface area contributed by atoms with Gasteiger partial charge in [0, 0.05) is 13.2 Å². The number of unbranched alkanes of at least 4 members (excludes halogenated alkanes) is 2. The molecule has 84 valence electrons. The van der Waals surface area contributed by atoms with Crippen LogP contribution < -0.4 is 11.1 Å². The van der Waals surface area contributed by atoms with Crippen LogP contribution in [0.5, 0.6) is 0 Å². The SMILES string of the molecule is CC1(CNCCCCCN)CCCO1. The van der Waals surface area contributed by atoms with Crippen LogP contribution in [0.4, 0.5) is 0 Å². The third-order valence-electron chi connectivity index (χ3n) is 2.86. The van der Waals surface area contributed by atoms with Gasteiger partial charge in [-0.1, -0.05) is 6.42 Å². The molecule has 1 saturated heterocycles. The second-order valence-corrected chi connectivity index (χ2v) is 4.43. The molecule has 0 aromatic carbocycles. The quantitative estimate of drug-likeness (QED) is 0.608. The Morgan fingerprint density at radius 1 is 1.36 bits per heavy atom. The van der Waals surface area contributed by atoms with Crippen molar-refractivity contribution in [2.75, 3.05) is 26.2 Å². The Hall–Kier alpha value is -0.120. The molecule has 3 nitrogen and oxygen atoms in total. The molecule has 0 amide bonds. The Morgan fingerprint density at radius 2 is 2.21 bits per heavy atom. The molecule has 0 aromatic rings. The van der Waals surface area contributed by atoms with Crippen LogP contribution in [-0.2, 0) is 4.74 Å². The monoisotopic (exact) mass is 200 g/mol. The lowest BCUT2D eigenvalue weighted by atomic mass is 10.0. The molecule has 0 saturated carbocycles. The van der Waals surface area contributed by atoms with Crippen LogP contribution in [0, 0.1) is 0 Å². The van der Waals surface area contributed by atoms with Crippen LogP contribution >= 0.6 is 0 Å². The van der Waals surface area contributed by atoms with Crippen molar-refractivity contribution in [2.45, 2.75) is 44.6 Å². The van der Waals surface area contributed by atoms with Gasteiger partial charge in [0.15, 0.2) is 0 Å². The predicted molar refractivity (Wildman–Crippen MR) is 59.4 cm³/mol. The Morgan fingerprint density at radius 3 is 2.86 bits per heavy atom. The lowest BCUT2D eigenvalue weighted by Crippen LogP contribution is -2.37. The first kappa shape index (κ1) is 12.0. The zero-order valence-corrected chi connectivity index (χ0v) is 9.35. The third kappa shape index (κ3) is 4.40. The van der Waals surface area contributed by atoms with Gasteiger partial charge in [-0.2, -0.15) is 0 Å². The number of ether oxygens (including phenoxy) is 1. The highest BCUT2D eigenvalue weighted by Gasteiger charge is 2.28. The molecule has 1 fully saturated rings. The minimum absolute atomic E-state index is 0.105. The van der Waals surface area contributed by atoms with Crippen molar-refractivity contribution in [3.63, 3.8) is 0 Å². The van der Waals surface area contributed by atoms with E-state index >= 15 is 0 Å². The number of nitrogens with one attached hydrogen (secondary N) is 1. The molecular weight excluding hydrogens is 176 g/mol. The van der Waals surface area contributed by atoms with Crippen LogP contribution in [0.1, 0.15) is 39.0 Å². The van der Waals surface area contributed by atoms with Crippen LogP contribution in [0.15, 0.2) is 0 Å². The van der Waals surface area contributed by atoms with Gasteiger partial charge < -0.3 is 15.8 Å². The van der Waals surface area contributed by atoms with Gasteiger partial charge in [-0.15, -0.1) is 0 Å². The molecule has 0 radical (unpaired) electrons. The largest absolute Gasteiger partial charge is 0.374 e. The van der Waals surface area contributed by atoms with Gasteiger partial charge in [0.1, 0.15) is 0 Å². The predicted octanol–water partition coefficient (Wildman–Crippen LogP) is 1.27. The van der Waals surface area contributed by atoms with Gasteiger partial charge in [-0.25, -0.2) is 0 Å². The van der Waals surface area contributed by atoms with Crippen molar-refractivity contribution in [3.05, 3.63) is 0 Å². The van der Waals surface area contributed by atoms with E-state index in [-0.39, 0.29) is 5.60 Å². The van der Waals surface area contributed by atoms with Gasteiger partial charge in [0.2, 0.25) is 0 Å². The second-order valence-electron chi connectivity index (χ2n) is 4.43. The zero-order valence-electron chi connectivity index (χ0n) is 9.35. The topological polar surface area (TPSA) is 47.3 Å². The third-order valence-corrected chi connectivity index (χ3v) is 2.86. The molecule has 3 heteroatoms. The van der Waals surface area contributed by atoms with Crippen LogP contribution in [0.2, 0.25) is 0 Å². The maximum atomic E-state index is 5.69. The summed E-state index contributed by atoms with van der Waals surface area (Å²) in [5.41, 5.74) is 5.53. The van der Waals surface area contributed by atoms with E-state index in [0.29, 0.717) is 0 Å². The van der Waals surface area contributed by atoms with Gasteiger partial charge >= 0.3 is 0 Å². The summed E-state index contributed by atoms with van der Waals surface area (Å²) in [6, 6.07) is 0. The lowest BCUT2D eigenvalue weighted by molar-refractivity contribution is 0.0210. The van der Waals surface area contributed by atoms with Crippen LogP contribution in [0.3, 0.4) is 0 Å². The molecule has 3 N–H and O–H groups in total. The summed E-state index contributed by atoms with van der Waals surface area (Å²) in [5, 5.41) is 3.46. The first-order valence-electron chi connectivity index (χ1n) is 5.82. The summed E-state index contributed by atoms with van der Waals surface area (Å²) in [4.78, 5) is 0. The maximum Gasteiger partial charge on any atom is 0.0779 e. The fourth-order valence-electron chi connectivity index (χ4n) is 1.90. The van der Waals surface area contributed by atoms with Crippen molar-refractivity contribution in [1.82, 2.24) is 5.32 Å². The Balaban J connectivity index is 1.92. The van der Waals surface area contributed by atoms with Crippen molar-refractivity contribution >= 4 is 0 Å². The highest BCUT2D eigenvalue weighted by molar-refractivity contribution is 4.82. The Labute approximate surface area is 87.4 Å². The zero-order chi connectivity index (χ0) is 10.3. The second kappa shape index (κ2) is 6.38. The summed E-state index contributed by atoms with van der Waals surface area (Å²) in [6.45, 7) is 6.05.